The average Bonchev–Trinajstić information content (AvgIpc) is 3.40. The van der Waals surface area contributed by atoms with Gasteiger partial charge in [0.2, 0.25) is 5.91 Å². The van der Waals surface area contributed by atoms with E-state index in [-0.39, 0.29) is 0 Å². The summed E-state index contributed by atoms with van der Waals surface area (Å²) in [6.45, 7) is 6.26. The van der Waals surface area contributed by atoms with E-state index in [1.165, 1.54) is 50.8 Å². The van der Waals surface area contributed by atoms with Crippen molar-refractivity contribution in [1.29, 1.82) is 0 Å². The maximum Gasteiger partial charge on any atom is 0.236 e. The first-order valence-electron chi connectivity index (χ1n) is 9.88. The molecule has 1 saturated carbocycles. The molecule has 2 aliphatic heterocycles. The van der Waals surface area contributed by atoms with Crippen LogP contribution in [0.1, 0.15) is 37.7 Å². The lowest BCUT2D eigenvalue weighted by Gasteiger charge is -2.40. The predicted molar refractivity (Wildman–Crippen MR) is 100 cm³/mol. The molecule has 0 N–H and O–H groups in total. The molecule has 2 heterocycles. The molecule has 0 radical (unpaired) electrons. The maximum atomic E-state index is 12.4. The van der Waals surface area contributed by atoms with Gasteiger partial charge < -0.3 is 4.90 Å². The number of piperidine rings is 1. The molecule has 1 amide bonds. The molecule has 0 bridgehead atoms. The van der Waals surface area contributed by atoms with Crippen LogP contribution in [0.3, 0.4) is 0 Å². The summed E-state index contributed by atoms with van der Waals surface area (Å²) >= 11 is 0. The number of benzene rings is 1. The van der Waals surface area contributed by atoms with Crippen LogP contribution in [0.15, 0.2) is 30.3 Å². The van der Waals surface area contributed by atoms with E-state index in [9.17, 15) is 4.79 Å². The zero-order valence-electron chi connectivity index (χ0n) is 15.5. The largest absolute Gasteiger partial charge is 0.342 e. The van der Waals surface area contributed by atoms with E-state index in [1.54, 1.807) is 0 Å². The van der Waals surface area contributed by atoms with E-state index in [0.717, 1.165) is 19.6 Å². The predicted octanol–water partition coefficient (Wildman–Crippen LogP) is 2.60. The van der Waals surface area contributed by atoms with Crippen LogP contribution >= 0.6 is 0 Å². The summed E-state index contributed by atoms with van der Waals surface area (Å²) in [5, 5.41) is 0. The number of hydrogen-bond donors (Lipinski definition) is 0. The molecule has 0 aromatic heterocycles. The molecule has 4 nitrogen and oxygen atoms in total. The van der Waals surface area contributed by atoms with Crippen molar-refractivity contribution in [3.8, 4) is 0 Å². The smallest absolute Gasteiger partial charge is 0.236 e. The summed E-state index contributed by atoms with van der Waals surface area (Å²) in [4.78, 5) is 19.4. The molecular weight excluding hydrogens is 310 g/mol. The molecule has 1 unspecified atom stereocenters. The van der Waals surface area contributed by atoms with Crippen molar-refractivity contribution < 1.29 is 4.79 Å². The molecule has 1 aromatic carbocycles. The fraction of sp³-hybridized carbons (Fsp3) is 0.667. The minimum atomic E-state index is 0.316. The second-order valence-corrected chi connectivity index (χ2v) is 8.50. The van der Waals surface area contributed by atoms with Gasteiger partial charge in [0.1, 0.15) is 0 Å². The number of carbonyl (C=O) groups is 1. The van der Waals surface area contributed by atoms with Gasteiger partial charge in [-0.2, -0.15) is 0 Å². The molecule has 136 valence electrons. The number of rotatable bonds is 5. The Morgan fingerprint density at radius 2 is 1.88 bits per heavy atom. The molecule has 1 aliphatic carbocycles. The lowest BCUT2D eigenvalue weighted by Crippen LogP contribution is -2.45. The van der Waals surface area contributed by atoms with E-state index < -0.39 is 0 Å². The Balaban J connectivity index is 1.32. The fourth-order valence-corrected chi connectivity index (χ4v) is 4.75. The third-order valence-electron chi connectivity index (χ3n) is 6.35. The Hall–Kier alpha value is -1.39. The number of hydrogen-bond acceptors (Lipinski definition) is 3. The van der Waals surface area contributed by atoms with Gasteiger partial charge in [0.25, 0.3) is 0 Å². The van der Waals surface area contributed by atoms with Crippen molar-refractivity contribution in [2.75, 3.05) is 39.8 Å². The van der Waals surface area contributed by atoms with Crippen LogP contribution in [0.25, 0.3) is 0 Å². The molecule has 2 saturated heterocycles. The Bertz CT molecular complexity index is 600. The summed E-state index contributed by atoms with van der Waals surface area (Å²) in [7, 11) is 1.98. The lowest BCUT2D eigenvalue weighted by molar-refractivity contribution is -0.131. The third-order valence-corrected chi connectivity index (χ3v) is 6.35. The number of carbonyl (C=O) groups excluding carboxylic acids is 1. The van der Waals surface area contributed by atoms with Crippen LogP contribution in [0.2, 0.25) is 0 Å². The molecule has 3 fully saturated rings. The van der Waals surface area contributed by atoms with Crippen LogP contribution in [0.5, 0.6) is 0 Å². The van der Waals surface area contributed by atoms with Gasteiger partial charge in [-0.3, -0.25) is 14.6 Å². The Labute approximate surface area is 151 Å². The van der Waals surface area contributed by atoms with Crippen molar-refractivity contribution in [3.05, 3.63) is 35.9 Å². The van der Waals surface area contributed by atoms with Gasteiger partial charge in [-0.25, -0.2) is 0 Å². The average molecular weight is 341 g/mol. The summed E-state index contributed by atoms with van der Waals surface area (Å²) < 4.78 is 0. The summed E-state index contributed by atoms with van der Waals surface area (Å²) in [6, 6.07) is 11.3. The molecule has 3 aliphatic rings. The van der Waals surface area contributed by atoms with Crippen LogP contribution in [0, 0.1) is 5.41 Å². The van der Waals surface area contributed by atoms with Gasteiger partial charge in [-0.1, -0.05) is 30.3 Å². The molecule has 4 heteroatoms. The Morgan fingerprint density at radius 1 is 1.12 bits per heavy atom. The van der Waals surface area contributed by atoms with E-state index in [0.29, 0.717) is 23.9 Å². The second kappa shape index (κ2) is 7.08. The van der Waals surface area contributed by atoms with Crippen LogP contribution in [-0.2, 0) is 11.3 Å². The molecule has 1 aromatic rings. The number of nitrogens with zero attached hydrogens (tertiary/aromatic N) is 3. The van der Waals surface area contributed by atoms with E-state index in [2.05, 4.69) is 40.1 Å². The summed E-state index contributed by atoms with van der Waals surface area (Å²) in [5.41, 5.74) is 1.82. The highest BCUT2D eigenvalue weighted by Crippen LogP contribution is 2.39. The van der Waals surface area contributed by atoms with Gasteiger partial charge in [0.15, 0.2) is 0 Å². The summed E-state index contributed by atoms with van der Waals surface area (Å²) in [5.74, 6) is 0.316. The number of amides is 1. The molecule has 1 spiro atoms. The first-order valence-corrected chi connectivity index (χ1v) is 9.88. The van der Waals surface area contributed by atoms with E-state index in [4.69, 9.17) is 0 Å². The van der Waals surface area contributed by atoms with Gasteiger partial charge in [0.05, 0.1) is 6.54 Å². The van der Waals surface area contributed by atoms with Crippen molar-refractivity contribution >= 4 is 5.91 Å². The normalized spacial score (nSPS) is 27.7. The Morgan fingerprint density at radius 3 is 2.64 bits per heavy atom. The zero-order valence-corrected chi connectivity index (χ0v) is 15.5. The number of likely N-dealkylation sites (tertiary alicyclic amines) is 2. The van der Waals surface area contributed by atoms with Crippen LogP contribution in [-0.4, -0.2) is 66.4 Å². The topological polar surface area (TPSA) is 26.8 Å². The van der Waals surface area contributed by atoms with E-state index >= 15 is 0 Å². The van der Waals surface area contributed by atoms with Crippen molar-refractivity contribution in [3.63, 3.8) is 0 Å². The first kappa shape index (κ1) is 17.0. The quantitative estimate of drug-likeness (QED) is 0.824. The lowest BCUT2D eigenvalue weighted by atomic mass is 9.79. The standard InChI is InChI=1S/C21H31N3O/c1-22(19-8-9-19)20(25)15-24-13-11-21(17-24)10-5-12-23(16-21)14-18-6-3-2-4-7-18/h2-4,6-7,19H,5,8-17H2,1H3. The monoisotopic (exact) mass is 341 g/mol. The third kappa shape index (κ3) is 4.06. The highest BCUT2D eigenvalue weighted by Gasteiger charge is 2.42. The van der Waals surface area contributed by atoms with Gasteiger partial charge >= 0.3 is 0 Å². The fourth-order valence-electron chi connectivity index (χ4n) is 4.75. The van der Waals surface area contributed by atoms with Crippen LogP contribution in [0.4, 0.5) is 0 Å². The minimum Gasteiger partial charge on any atom is -0.342 e. The number of likely N-dealkylation sites (N-methyl/N-ethyl adjacent to an activating group) is 1. The second-order valence-electron chi connectivity index (χ2n) is 8.50. The van der Waals surface area contributed by atoms with E-state index in [1.807, 2.05) is 11.9 Å². The first-order chi connectivity index (χ1) is 12.1. The van der Waals surface area contributed by atoms with Crippen molar-refractivity contribution in [2.45, 2.75) is 44.7 Å². The SMILES string of the molecule is CN(C(=O)CN1CCC2(CCCN(Cc3ccccc3)C2)C1)C1CC1. The highest BCUT2D eigenvalue weighted by atomic mass is 16.2. The highest BCUT2D eigenvalue weighted by molar-refractivity contribution is 5.78. The zero-order chi connectivity index (χ0) is 17.3. The Kier molecular flexibility index (Phi) is 4.83. The molecule has 4 rings (SSSR count). The van der Waals surface area contributed by atoms with Crippen molar-refractivity contribution in [2.24, 2.45) is 5.41 Å². The maximum absolute atomic E-state index is 12.4. The van der Waals surface area contributed by atoms with Gasteiger partial charge in [-0.05, 0) is 56.2 Å². The van der Waals surface area contributed by atoms with Crippen LogP contribution < -0.4 is 0 Å². The minimum absolute atomic E-state index is 0.316. The molecule has 25 heavy (non-hydrogen) atoms. The summed E-state index contributed by atoms with van der Waals surface area (Å²) in [6.07, 6.45) is 6.25. The molecule has 1 atom stereocenters. The van der Waals surface area contributed by atoms with Gasteiger partial charge in [-0.15, -0.1) is 0 Å². The van der Waals surface area contributed by atoms with Gasteiger partial charge in [0, 0.05) is 32.7 Å². The van der Waals surface area contributed by atoms with Crippen molar-refractivity contribution in [1.82, 2.24) is 14.7 Å². The molecular formula is C21H31N3O.